The van der Waals surface area contributed by atoms with E-state index in [1.807, 2.05) is 11.6 Å². The molecule has 1 rings (SSSR count). The van der Waals surface area contributed by atoms with Crippen LogP contribution in [0.1, 0.15) is 16.7 Å². The average molecular weight is 289 g/mol. The molecule has 7 heteroatoms. The van der Waals surface area contributed by atoms with Crippen molar-refractivity contribution in [1.82, 2.24) is 4.72 Å². The first kappa shape index (κ1) is 15.6. The van der Waals surface area contributed by atoms with Gasteiger partial charge < -0.3 is 5.11 Å². The van der Waals surface area contributed by atoms with Gasteiger partial charge in [-0.25, -0.2) is 12.8 Å². The molecule has 106 valence electrons. The summed E-state index contributed by atoms with van der Waals surface area (Å²) < 4.78 is 38.6. The first-order chi connectivity index (χ1) is 8.69. The number of rotatable bonds is 5. The standard InChI is InChI=1S/C12H16FNO4S/c1-7-4-8(2)11(9(3)5-7)19(17,18)14-10(6-13)12(15)16/h4-5,10,14H,6H2,1-3H3,(H,15,16)/t10-/m1/s1. The second kappa shape index (κ2) is 5.66. The molecule has 0 aliphatic carbocycles. The Bertz CT molecular complexity index is 575. The van der Waals surface area contributed by atoms with Gasteiger partial charge in [0.25, 0.3) is 0 Å². The number of aliphatic carboxylic acids is 1. The Morgan fingerprint density at radius 3 is 2.16 bits per heavy atom. The van der Waals surface area contributed by atoms with E-state index in [-0.39, 0.29) is 4.90 Å². The smallest absolute Gasteiger partial charge is 0.324 e. The molecule has 0 aliphatic rings. The monoisotopic (exact) mass is 289 g/mol. The summed E-state index contributed by atoms with van der Waals surface area (Å²) in [7, 11) is -4.07. The number of benzene rings is 1. The maximum atomic E-state index is 12.5. The third-order valence-electron chi connectivity index (χ3n) is 2.62. The van der Waals surface area contributed by atoms with Crippen LogP contribution >= 0.6 is 0 Å². The number of aryl methyl sites for hydroxylation is 3. The Morgan fingerprint density at radius 2 is 1.79 bits per heavy atom. The predicted octanol–water partition coefficient (Wildman–Crippen LogP) is 1.31. The van der Waals surface area contributed by atoms with Crippen molar-refractivity contribution in [3.63, 3.8) is 0 Å². The number of sulfonamides is 1. The number of alkyl halides is 1. The minimum Gasteiger partial charge on any atom is -0.480 e. The lowest BCUT2D eigenvalue weighted by Gasteiger charge is -2.15. The maximum Gasteiger partial charge on any atom is 0.324 e. The van der Waals surface area contributed by atoms with Crippen LogP contribution < -0.4 is 4.72 Å². The van der Waals surface area contributed by atoms with Crippen molar-refractivity contribution in [3.05, 3.63) is 28.8 Å². The molecule has 1 aromatic carbocycles. The van der Waals surface area contributed by atoms with Crippen LogP contribution in [0.15, 0.2) is 17.0 Å². The van der Waals surface area contributed by atoms with Gasteiger partial charge in [-0.3, -0.25) is 4.79 Å². The van der Waals surface area contributed by atoms with Crippen LogP contribution in [0.25, 0.3) is 0 Å². The van der Waals surface area contributed by atoms with Crippen LogP contribution in [0.4, 0.5) is 4.39 Å². The van der Waals surface area contributed by atoms with Crippen molar-refractivity contribution >= 4 is 16.0 Å². The molecule has 0 aliphatic heterocycles. The summed E-state index contributed by atoms with van der Waals surface area (Å²) in [5.41, 5.74) is 1.88. The van der Waals surface area contributed by atoms with Gasteiger partial charge in [0.2, 0.25) is 10.0 Å². The molecule has 0 unspecified atom stereocenters. The summed E-state index contributed by atoms with van der Waals surface area (Å²) in [4.78, 5) is 10.7. The zero-order valence-electron chi connectivity index (χ0n) is 10.9. The molecule has 2 N–H and O–H groups in total. The van der Waals surface area contributed by atoms with E-state index in [1.165, 1.54) is 0 Å². The lowest BCUT2D eigenvalue weighted by Crippen LogP contribution is -2.42. The molecule has 0 spiro atoms. The fourth-order valence-corrected chi connectivity index (χ4v) is 3.61. The van der Waals surface area contributed by atoms with Crippen LogP contribution in [0.5, 0.6) is 0 Å². The first-order valence-corrected chi connectivity index (χ1v) is 7.06. The summed E-state index contributed by atoms with van der Waals surface area (Å²) in [5.74, 6) is -1.55. The van der Waals surface area contributed by atoms with E-state index in [9.17, 15) is 17.6 Å². The van der Waals surface area contributed by atoms with Gasteiger partial charge in [0, 0.05) is 0 Å². The molecule has 0 bridgehead atoms. The topological polar surface area (TPSA) is 83.5 Å². The Hall–Kier alpha value is -1.47. The van der Waals surface area contributed by atoms with E-state index >= 15 is 0 Å². The Kier molecular flexibility index (Phi) is 4.65. The Balaban J connectivity index is 3.25. The summed E-state index contributed by atoms with van der Waals surface area (Å²) in [6.07, 6.45) is 0. The molecule has 0 radical (unpaired) electrons. The van der Waals surface area contributed by atoms with Crippen molar-refractivity contribution in [3.8, 4) is 0 Å². The summed E-state index contributed by atoms with van der Waals surface area (Å²) in [5, 5.41) is 8.70. The number of hydrogen-bond acceptors (Lipinski definition) is 3. The van der Waals surface area contributed by atoms with Gasteiger partial charge in [0.05, 0.1) is 4.90 Å². The second-order valence-electron chi connectivity index (χ2n) is 4.39. The highest BCUT2D eigenvalue weighted by molar-refractivity contribution is 7.89. The molecular weight excluding hydrogens is 273 g/mol. The van der Waals surface area contributed by atoms with Crippen molar-refractivity contribution in [1.29, 1.82) is 0 Å². The molecule has 0 aromatic heterocycles. The number of carboxylic acids is 1. The highest BCUT2D eigenvalue weighted by Crippen LogP contribution is 2.21. The van der Waals surface area contributed by atoms with E-state index in [2.05, 4.69) is 0 Å². The summed E-state index contributed by atoms with van der Waals surface area (Å²) in [6.45, 7) is 3.74. The lowest BCUT2D eigenvalue weighted by molar-refractivity contribution is -0.139. The van der Waals surface area contributed by atoms with Crippen molar-refractivity contribution in [2.24, 2.45) is 0 Å². The van der Waals surface area contributed by atoms with Crippen molar-refractivity contribution in [2.45, 2.75) is 31.7 Å². The molecule has 1 aromatic rings. The molecule has 0 fully saturated rings. The van der Waals surface area contributed by atoms with Gasteiger partial charge in [-0.05, 0) is 31.9 Å². The Labute approximate surface area is 111 Å². The zero-order chi connectivity index (χ0) is 14.8. The van der Waals surface area contributed by atoms with Gasteiger partial charge >= 0.3 is 5.97 Å². The van der Waals surface area contributed by atoms with Gasteiger partial charge in [0.15, 0.2) is 0 Å². The Morgan fingerprint density at radius 1 is 1.32 bits per heavy atom. The highest BCUT2D eigenvalue weighted by Gasteiger charge is 2.27. The fourth-order valence-electron chi connectivity index (χ4n) is 1.98. The summed E-state index contributed by atoms with van der Waals surface area (Å²) >= 11 is 0. The molecule has 0 saturated heterocycles. The van der Waals surface area contributed by atoms with Crippen LogP contribution in [0.3, 0.4) is 0 Å². The fraction of sp³-hybridized carbons (Fsp3) is 0.417. The third-order valence-corrected chi connectivity index (χ3v) is 4.40. The normalized spacial score (nSPS) is 13.3. The molecule has 0 heterocycles. The largest absolute Gasteiger partial charge is 0.480 e. The SMILES string of the molecule is Cc1cc(C)c(S(=O)(=O)N[C@H](CF)C(=O)O)c(C)c1. The number of hydrogen-bond donors (Lipinski definition) is 2. The van der Waals surface area contributed by atoms with Crippen LogP contribution in [-0.2, 0) is 14.8 Å². The number of nitrogens with one attached hydrogen (secondary N) is 1. The van der Waals surface area contributed by atoms with Gasteiger partial charge in [-0.1, -0.05) is 17.7 Å². The first-order valence-electron chi connectivity index (χ1n) is 5.58. The van der Waals surface area contributed by atoms with Gasteiger partial charge in [-0.2, -0.15) is 4.72 Å². The van der Waals surface area contributed by atoms with Gasteiger partial charge in [-0.15, -0.1) is 0 Å². The summed E-state index contributed by atoms with van der Waals surface area (Å²) in [6, 6.07) is 1.57. The maximum absolute atomic E-state index is 12.5. The number of carboxylic acid groups (broad SMARTS) is 1. The molecule has 5 nitrogen and oxygen atoms in total. The van der Waals surface area contributed by atoms with Crippen LogP contribution in [0, 0.1) is 20.8 Å². The predicted molar refractivity (Wildman–Crippen MR) is 68.4 cm³/mol. The third kappa shape index (κ3) is 3.51. The molecule has 19 heavy (non-hydrogen) atoms. The average Bonchev–Trinajstić information content (AvgIpc) is 2.23. The van der Waals surface area contributed by atoms with Crippen LogP contribution in [-0.4, -0.2) is 32.2 Å². The lowest BCUT2D eigenvalue weighted by atomic mass is 10.1. The van der Waals surface area contributed by atoms with E-state index in [0.29, 0.717) is 11.1 Å². The molecule has 1 atom stereocenters. The van der Waals surface area contributed by atoms with Crippen molar-refractivity contribution in [2.75, 3.05) is 6.67 Å². The van der Waals surface area contributed by atoms with Crippen molar-refractivity contribution < 1.29 is 22.7 Å². The van der Waals surface area contributed by atoms with Gasteiger partial charge in [0.1, 0.15) is 12.7 Å². The van der Waals surface area contributed by atoms with E-state index in [0.717, 1.165) is 5.56 Å². The minimum absolute atomic E-state index is 0.00204. The molecule has 0 saturated carbocycles. The second-order valence-corrected chi connectivity index (χ2v) is 6.05. The zero-order valence-corrected chi connectivity index (χ0v) is 11.7. The van der Waals surface area contributed by atoms with E-state index in [4.69, 9.17) is 5.11 Å². The number of carbonyl (C=O) groups is 1. The van der Waals surface area contributed by atoms with Crippen LogP contribution in [0.2, 0.25) is 0 Å². The number of halogens is 1. The quantitative estimate of drug-likeness (QED) is 0.856. The van der Waals surface area contributed by atoms with E-state index in [1.54, 1.807) is 26.0 Å². The molecular formula is C12H16FNO4S. The molecule has 0 amide bonds. The highest BCUT2D eigenvalue weighted by atomic mass is 32.2. The minimum atomic E-state index is -4.07. The van der Waals surface area contributed by atoms with E-state index < -0.39 is 28.7 Å².